The predicted octanol–water partition coefficient (Wildman–Crippen LogP) is 3.45. The Hall–Kier alpha value is -3.45. The van der Waals surface area contributed by atoms with Crippen LogP contribution in [0, 0.1) is 13.8 Å². The lowest BCUT2D eigenvalue weighted by Gasteiger charge is -2.12. The summed E-state index contributed by atoms with van der Waals surface area (Å²) in [5, 5.41) is 9.62. The molecule has 3 rings (SSSR count). The third-order valence-corrected chi connectivity index (χ3v) is 4.90. The molecule has 1 amide bonds. The summed E-state index contributed by atoms with van der Waals surface area (Å²) in [5.74, 6) is 0.229. The van der Waals surface area contributed by atoms with Crippen LogP contribution in [0.5, 0.6) is 5.75 Å². The lowest BCUT2D eigenvalue weighted by molar-refractivity contribution is -0.117. The molecule has 0 saturated carbocycles. The molecule has 1 heterocycles. The summed E-state index contributed by atoms with van der Waals surface area (Å²) in [5.41, 5.74) is 4.56. The van der Waals surface area contributed by atoms with Gasteiger partial charge < -0.3 is 19.9 Å². The average molecular weight is 437 g/mol. The number of carbonyl (C=O) groups is 1. The average Bonchev–Trinajstić information content (AvgIpc) is 2.75. The smallest absolute Gasteiger partial charge is 0.345 e. The first-order valence-electron chi connectivity index (χ1n) is 10.5. The molecule has 2 N–H and O–H groups in total. The summed E-state index contributed by atoms with van der Waals surface area (Å²) in [6.45, 7) is 5.72. The van der Waals surface area contributed by atoms with Crippen molar-refractivity contribution < 1.29 is 9.90 Å². The fourth-order valence-electron chi connectivity index (χ4n) is 3.00. The van der Waals surface area contributed by atoms with Crippen molar-refractivity contribution in [3.63, 3.8) is 0 Å². The van der Waals surface area contributed by atoms with E-state index in [1.807, 2.05) is 64.3 Å². The standard InChI is InChI=1S/C18H16N2O2.C7H16N2O/c1-11-3-5-13(6-4-11)15-10-16(20-18(22)19-15)14-7-8-17(21)12(2)9-14;1-8(2)5-4-6-9(3)7-10/h3-10,21H,1-2H3,(H,19,20,22);7H,4-6H2,1-3H3. The molecule has 0 aliphatic rings. The molecule has 1 aromatic heterocycles. The number of hydrogen-bond donors (Lipinski definition) is 2. The second kappa shape index (κ2) is 11.8. The highest BCUT2D eigenvalue weighted by atomic mass is 16.3. The topological polar surface area (TPSA) is 89.5 Å². The fraction of sp³-hybridized carbons (Fsp3) is 0.320. The van der Waals surface area contributed by atoms with Gasteiger partial charge in [-0.05, 0) is 76.3 Å². The second-order valence-electron chi connectivity index (χ2n) is 8.10. The number of aryl methyl sites for hydroxylation is 2. The minimum atomic E-state index is -0.390. The molecule has 32 heavy (non-hydrogen) atoms. The van der Waals surface area contributed by atoms with Crippen LogP contribution < -0.4 is 5.69 Å². The zero-order valence-electron chi connectivity index (χ0n) is 19.4. The molecule has 3 aromatic rings. The van der Waals surface area contributed by atoms with Crippen LogP contribution in [-0.2, 0) is 4.79 Å². The molecule has 0 fully saturated rings. The number of phenols is 1. The molecule has 0 radical (unpaired) electrons. The van der Waals surface area contributed by atoms with Crippen LogP contribution in [0.3, 0.4) is 0 Å². The van der Waals surface area contributed by atoms with E-state index >= 15 is 0 Å². The van der Waals surface area contributed by atoms with Crippen LogP contribution in [0.25, 0.3) is 22.5 Å². The van der Waals surface area contributed by atoms with Gasteiger partial charge in [-0.1, -0.05) is 29.8 Å². The van der Waals surface area contributed by atoms with Crippen molar-refractivity contribution in [1.29, 1.82) is 0 Å². The molecule has 0 aliphatic heterocycles. The maximum atomic E-state index is 11.9. The largest absolute Gasteiger partial charge is 0.508 e. The van der Waals surface area contributed by atoms with Gasteiger partial charge in [0, 0.05) is 19.2 Å². The molecule has 0 atom stereocenters. The quantitative estimate of drug-likeness (QED) is 0.554. The van der Waals surface area contributed by atoms with Crippen molar-refractivity contribution in [2.45, 2.75) is 20.3 Å². The van der Waals surface area contributed by atoms with E-state index in [4.69, 9.17) is 0 Å². The first kappa shape index (κ1) is 24.8. The fourth-order valence-corrected chi connectivity index (χ4v) is 3.00. The third-order valence-electron chi connectivity index (χ3n) is 4.90. The lowest BCUT2D eigenvalue weighted by Crippen LogP contribution is -2.22. The Kier molecular flexibility index (Phi) is 9.16. The minimum absolute atomic E-state index is 0.229. The number of benzene rings is 2. The molecule has 0 bridgehead atoms. The van der Waals surface area contributed by atoms with E-state index in [0.717, 1.165) is 53.9 Å². The van der Waals surface area contributed by atoms with E-state index < -0.39 is 0 Å². The van der Waals surface area contributed by atoms with Crippen molar-refractivity contribution >= 4 is 6.41 Å². The summed E-state index contributed by atoms with van der Waals surface area (Å²) >= 11 is 0. The Morgan fingerprint density at radius 3 is 2.22 bits per heavy atom. The van der Waals surface area contributed by atoms with Gasteiger partial charge in [0.2, 0.25) is 6.41 Å². The van der Waals surface area contributed by atoms with Gasteiger partial charge >= 0.3 is 5.69 Å². The molecule has 7 heteroatoms. The summed E-state index contributed by atoms with van der Waals surface area (Å²) in [7, 11) is 5.85. The number of aromatic hydroxyl groups is 1. The summed E-state index contributed by atoms with van der Waals surface area (Å²) in [6.07, 6.45) is 1.90. The second-order valence-corrected chi connectivity index (χ2v) is 8.10. The highest BCUT2D eigenvalue weighted by Gasteiger charge is 2.07. The van der Waals surface area contributed by atoms with Gasteiger partial charge in [-0.25, -0.2) is 4.79 Å². The Labute approximate surface area is 189 Å². The molecule has 0 unspecified atom stereocenters. The van der Waals surface area contributed by atoms with Gasteiger partial charge in [-0.2, -0.15) is 4.98 Å². The monoisotopic (exact) mass is 436 g/mol. The Balaban J connectivity index is 0.000000309. The first-order chi connectivity index (χ1) is 15.2. The van der Waals surface area contributed by atoms with Crippen molar-refractivity contribution in [3.8, 4) is 28.3 Å². The summed E-state index contributed by atoms with van der Waals surface area (Å²) in [4.78, 5) is 32.5. The van der Waals surface area contributed by atoms with E-state index in [2.05, 4.69) is 14.9 Å². The van der Waals surface area contributed by atoms with Gasteiger partial charge in [0.05, 0.1) is 11.4 Å². The van der Waals surface area contributed by atoms with Gasteiger partial charge in [0.25, 0.3) is 0 Å². The van der Waals surface area contributed by atoms with Gasteiger partial charge in [0.1, 0.15) is 5.75 Å². The van der Waals surface area contributed by atoms with E-state index in [-0.39, 0.29) is 11.4 Å². The number of aromatic nitrogens is 2. The molecule has 170 valence electrons. The summed E-state index contributed by atoms with van der Waals surface area (Å²) < 4.78 is 0. The zero-order valence-corrected chi connectivity index (χ0v) is 19.4. The van der Waals surface area contributed by atoms with Crippen molar-refractivity contribution in [2.75, 3.05) is 34.2 Å². The number of H-pyrrole nitrogens is 1. The number of hydrogen-bond acceptors (Lipinski definition) is 5. The molecule has 7 nitrogen and oxygen atoms in total. The molecule has 0 aliphatic carbocycles. The number of nitrogens with zero attached hydrogens (tertiary/aromatic N) is 3. The van der Waals surface area contributed by atoms with Crippen LogP contribution in [0.1, 0.15) is 17.5 Å². The van der Waals surface area contributed by atoms with Crippen molar-refractivity contribution in [2.24, 2.45) is 0 Å². The number of carbonyl (C=O) groups excluding carboxylic acids is 1. The summed E-state index contributed by atoms with van der Waals surface area (Å²) in [6, 6.07) is 15.0. The maximum absolute atomic E-state index is 11.9. The Morgan fingerprint density at radius 1 is 0.969 bits per heavy atom. The first-order valence-corrected chi connectivity index (χ1v) is 10.5. The van der Waals surface area contributed by atoms with Crippen LogP contribution in [0.2, 0.25) is 0 Å². The number of rotatable bonds is 7. The van der Waals surface area contributed by atoms with Crippen LogP contribution in [0.4, 0.5) is 0 Å². The number of phenolic OH excluding ortho intramolecular Hbond substituents is 1. The molecule has 0 saturated heterocycles. The SMILES string of the molecule is CN(C)CCCN(C)C=O.Cc1ccc(-c2cc(-c3ccc(O)c(C)c3)nc(=O)[nH]2)cc1. The van der Waals surface area contributed by atoms with E-state index in [1.54, 1.807) is 24.1 Å². The van der Waals surface area contributed by atoms with Crippen molar-refractivity contribution in [3.05, 3.63) is 70.1 Å². The van der Waals surface area contributed by atoms with Gasteiger partial charge in [-0.3, -0.25) is 4.79 Å². The van der Waals surface area contributed by atoms with Crippen LogP contribution >= 0.6 is 0 Å². The third kappa shape index (κ3) is 7.67. The van der Waals surface area contributed by atoms with E-state index in [1.165, 1.54) is 0 Å². The normalized spacial score (nSPS) is 10.4. The number of aromatic amines is 1. The maximum Gasteiger partial charge on any atom is 0.345 e. The Bertz CT molecular complexity index is 1080. The van der Waals surface area contributed by atoms with Gasteiger partial charge in [0.15, 0.2) is 0 Å². The molecular formula is C25H32N4O3. The van der Waals surface area contributed by atoms with Gasteiger partial charge in [-0.15, -0.1) is 0 Å². The molecule has 2 aromatic carbocycles. The van der Waals surface area contributed by atoms with Crippen LogP contribution in [-0.4, -0.2) is 65.5 Å². The van der Waals surface area contributed by atoms with Crippen LogP contribution in [0.15, 0.2) is 53.3 Å². The highest BCUT2D eigenvalue weighted by Crippen LogP contribution is 2.26. The van der Waals surface area contributed by atoms with E-state index in [9.17, 15) is 14.7 Å². The number of amides is 1. The predicted molar refractivity (Wildman–Crippen MR) is 129 cm³/mol. The molecule has 0 spiro atoms. The van der Waals surface area contributed by atoms with Crippen molar-refractivity contribution in [1.82, 2.24) is 19.8 Å². The number of nitrogens with one attached hydrogen (secondary N) is 1. The molecular weight excluding hydrogens is 404 g/mol. The Morgan fingerprint density at radius 2 is 1.62 bits per heavy atom. The zero-order chi connectivity index (χ0) is 23.7. The minimum Gasteiger partial charge on any atom is -0.508 e. The lowest BCUT2D eigenvalue weighted by atomic mass is 10.0. The van der Waals surface area contributed by atoms with E-state index in [0.29, 0.717) is 5.69 Å². The highest BCUT2D eigenvalue weighted by molar-refractivity contribution is 5.68.